The fraction of sp³-hybridized carbons (Fsp3) is 0. The van der Waals surface area contributed by atoms with Crippen LogP contribution in [0.3, 0.4) is 0 Å². The minimum Gasteiger partial charge on any atom is -0.381 e. The van der Waals surface area contributed by atoms with Gasteiger partial charge in [-0.3, -0.25) is 3.97 Å². The number of nitrogens with zero attached hydrogens (tertiary/aromatic N) is 4. The number of hydrogen-bond donors (Lipinski definition) is 2. The molecule has 0 aromatic carbocycles. The third-order valence-electron chi connectivity index (χ3n) is 2.60. The summed E-state index contributed by atoms with van der Waals surface area (Å²) in [6.45, 7) is 0. The van der Waals surface area contributed by atoms with Gasteiger partial charge in [-0.1, -0.05) is 24.4 Å². The predicted octanol–water partition coefficient (Wildman–Crippen LogP) is 2.56. The average molecular weight is 296 g/mol. The Morgan fingerprint density at radius 1 is 1.32 bits per heavy atom. The zero-order chi connectivity index (χ0) is 13.6. The van der Waals surface area contributed by atoms with E-state index in [2.05, 4.69) is 27.8 Å². The lowest BCUT2D eigenvalue weighted by molar-refractivity contribution is 0.620. The molecule has 0 spiro atoms. The van der Waals surface area contributed by atoms with Gasteiger partial charge >= 0.3 is 0 Å². The van der Waals surface area contributed by atoms with Crippen LogP contribution in [0.4, 0.5) is 10.2 Å². The van der Waals surface area contributed by atoms with E-state index in [4.69, 9.17) is 17.3 Å². The Morgan fingerprint density at radius 3 is 2.84 bits per heavy atom. The van der Waals surface area contributed by atoms with Crippen molar-refractivity contribution in [3.8, 4) is 11.4 Å². The number of hydrogen-bond acceptors (Lipinski definition) is 5. The normalized spacial score (nSPS) is 11.1. The lowest BCUT2D eigenvalue weighted by atomic mass is 10.2. The number of nitrogens with two attached hydrogens (primary N) is 1. The van der Waals surface area contributed by atoms with Crippen LogP contribution in [0.5, 0.6) is 0 Å². The number of anilines is 1. The Kier molecular flexibility index (Phi) is 2.79. The fourth-order valence-corrected chi connectivity index (χ4v) is 2.19. The van der Waals surface area contributed by atoms with Crippen LogP contribution < -0.4 is 5.73 Å². The van der Waals surface area contributed by atoms with Gasteiger partial charge in [-0.25, -0.2) is 19.3 Å². The van der Waals surface area contributed by atoms with Crippen molar-refractivity contribution < 1.29 is 4.39 Å². The van der Waals surface area contributed by atoms with Gasteiger partial charge in [0.1, 0.15) is 0 Å². The van der Waals surface area contributed by atoms with Gasteiger partial charge < -0.3 is 5.73 Å². The molecule has 0 aliphatic heterocycles. The van der Waals surface area contributed by atoms with E-state index in [9.17, 15) is 4.39 Å². The minimum absolute atomic E-state index is 0.208. The Hall–Kier alpha value is -1.86. The van der Waals surface area contributed by atoms with Crippen molar-refractivity contribution in [2.45, 2.75) is 0 Å². The highest BCUT2D eigenvalue weighted by molar-refractivity contribution is 7.78. The molecule has 2 N–H and O–H groups in total. The number of thiol groups is 1. The Bertz CT molecular complexity index is 788. The second-order valence-electron chi connectivity index (χ2n) is 3.84. The van der Waals surface area contributed by atoms with Gasteiger partial charge in [-0.2, -0.15) is 0 Å². The molecule has 96 valence electrons. The zero-order valence-corrected chi connectivity index (χ0v) is 11.0. The summed E-state index contributed by atoms with van der Waals surface area (Å²) in [7, 11) is 0. The van der Waals surface area contributed by atoms with Crippen molar-refractivity contribution in [3.63, 3.8) is 0 Å². The van der Waals surface area contributed by atoms with Gasteiger partial charge in [0.05, 0.1) is 11.2 Å². The number of nitrogen functional groups attached to an aromatic ring is 1. The minimum atomic E-state index is -0.658. The van der Waals surface area contributed by atoms with Crippen molar-refractivity contribution in [2.75, 3.05) is 5.73 Å². The summed E-state index contributed by atoms with van der Waals surface area (Å²) in [5.41, 5.74) is 6.68. The maximum atomic E-state index is 13.1. The molecular weight excluding hydrogens is 289 g/mol. The van der Waals surface area contributed by atoms with Crippen molar-refractivity contribution >= 4 is 41.3 Å². The van der Waals surface area contributed by atoms with Crippen LogP contribution in [0.15, 0.2) is 24.7 Å². The van der Waals surface area contributed by atoms with Crippen LogP contribution in [-0.4, -0.2) is 18.9 Å². The van der Waals surface area contributed by atoms with Gasteiger partial charge in [0.2, 0.25) is 0 Å². The molecule has 0 amide bonds. The van der Waals surface area contributed by atoms with E-state index in [1.54, 1.807) is 12.3 Å². The van der Waals surface area contributed by atoms with E-state index in [0.29, 0.717) is 27.4 Å². The first kappa shape index (κ1) is 12.2. The smallest absolute Gasteiger partial charge is 0.183 e. The van der Waals surface area contributed by atoms with Crippen LogP contribution in [0.1, 0.15) is 0 Å². The van der Waals surface area contributed by atoms with Gasteiger partial charge in [-0.15, -0.1) is 0 Å². The molecule has 0 saturated heterocycles. The largest absolute Gasteiger partial charge is 0.381 e. The van der Waals surface area contributed by atoms with E-state index in [0.717, 1.165) is 6.20 Å². The predicted molar refractivity (Wildman–Crippen MR) is 74.5 cm³/mol. The molecule has 3 aromatic heterocycles. The quantitative estimate of drug-likeness (QED) is 0.677. The third-order valence-corrected chi connectivity index (χ3v) is 3.12. The highest BCUT2D eigenvalue weighted by Gasteiger charge is 2.14. The number of aromatic nitrogens is 4. The van der Waals surface area contributed by atoms with E-state index in [1.807, 2.05) is 0 Å². The van der Waals surface area contributed by atoms with Gasteiger partial charge in [0.15, 0.2) is 23.1 Å². The first-order valence-electron chi connectivity index (χ1n) is 5.20. The van der Waals surface area contributed by atoms with Crippen LogP contribution in [-0.2, 0) is 0 Å². The van der Waals surface area contributed by atoms with Crippen LogP contribution in [0.25, 0.3) is 22.4 Å². The SMILES string of the molecule is Nc1nc(-c2cn(S)c3ncc(Cl)cc23)ncc1F. The second-order valence-corrected chi connectivity index (χ2v) is 4.71. The molecule has 3 heterocycles. The van der Waals surface area contributed by atoms with E-state index in [1.165, 1.54) is 10.2 Å². The van der Waals surface area contributed by atoms with Crippen LogP contribution >= 0.6 is 24.4 Å². The summed E-state index contributed by atoms with van der Waals surface area (Å²) in [5, 5.41) is 1.19. The first-order chi connectivity index (χ1) is 9.06. The van der Waals surface area contributed by atoms with E-state index in [-0.39, 0.29) is 5.82 Å². The molecule has 3 aromatic rings. The fourth-order valence-electron chi connectivity index (χ4n) is 1.75. The summed E-state index contributed by atoms with van der Waals surface area (Å²) in [6, 6.07) is 1.72. The second kappa shape index (κ2) is 4.36. The Labute approximate surface area is 117 Å². The Balaban J connectivity index is 2.29. The van der Waals surface area contributed by atoms with Gasteiger partial charge in [0.25, 0.3) is 0 Å². The molecule has 0 radical (unpaired) electrons. The molecule has 0 saturated carbocycles. The number of halogens is 2. The molecule has 0 unspecified atom stereocenters. The topological polar surface area (TPSA) is 69.6 Å². The molecule has 0 bridgehead atoms. The van der Waals surface area contributed by atoms with Gasteiger partial charge in [-0.05, 0) is 6.07 Å². The maximum absolute atomic E-state index is 13.1. The summed E-state index contributed by atoms with van der Waals surface area (Å²) in [6.07, 6.45) is 4.21. The molecule has 0 fully saturated rings. The first-order valence-corrected chi connectivity index (χ1v) is 5.98. The van der Waals surface area contributed by atoms with E-state index < -0.39 is 5.82 Å². The highest BCUT2D eigenvalue weighted by Crippen LogP contribution is 2.30. The molecule has 0 atom stereocenters. The third kappa shape index (κ3) is 2.00. The molecule has 3 rings (SSSR count). The van der Waals surface area contributed by atoms with Crippen molar-refractivity contribution in [2.24, 2.45) is 0 Å². The number of fused-ring (bicyclic) bond motifs is 1. The number of rotatable bonds is 1. The maximum Gasteiger partial charge on any atom is 0.183 e. The van der Waals surface area contributed by atoms with Crippen molar-refractivity contribution in [1.82, 2.24) is 18.9 Å². The standard InChI is InChI=1S/C11H7ClFN5S/c12-5-1-6-7(4-18(19)11(6)16-2-5)10-15-3-8(13)9(14)17-10/h1-4,19H,(H2,14,15,17). The molecule has 8 heteroatoms. The van der Waals surface area contributed by atoms with Crippen LogP contribution in [0.2, 0.25) is 5.02 Å². The monoisotopic (exact) mass is 295 g/mol. The van der Waals surface area contributed by atoms with Gasteiger partial charge in [0, 0.05) is 23.3 Å². The lowest BCUT2D eigenvalue weighted by Crippen LogP contribution is -1.98. The summed E-state index contributed by atoms with van der Waals surface area (Å²) in [4.78, 5) is 12.0. The van der Waals surface area contributed by atoms with Crippen molar-refractivity contribution in [3.05, 3.63) is 35.5 Å². The molecule has 19 heavy (non-hydrogen) atoms. The van der Waals surface area contributed by atoms with Crippen LogP contribution in [0, 0.1) is 5.82 Å². The summed E-state index contributed by atoms with van der Waals surface area (Å²) < 4.78 is 14.6. The van der Waals surface area contributed by atoms with Crippen molar-refractivity contribution in [1.29, 1.82) is 0 Å². The lowest BCUT2D eigenvalue weighted by Gasteiger charge is -2.00. The molecule has 0 aliphatic carbocycles. The average Bonchev–Trinajstić information content (AvgIpc) is 2.70. The molecule has 0 aliphatic rings. The highest BCUT2D eigenvalue weighted by atomic mass is 35.5. The molecule has 5 nitrogen and oxygen atoms in total. The summed E-state index contributed by atoms with van der Waals surface area (Å²) in [5.74, 6) is -0.574. The van der Waals surface area contributed by atoms with E-state index >= 15 is 0 Å². The number of pyridine rings is 1. The Morgan fingerprint density at radius 2 is 2.11 bits per heavy atom. The zero-order valence-electron chi connectivity index (χ0n) is 9.38. The molecular formula is C11H7ClFN5S. The summed E-state index contributed by atoms with van der Waals surface area (Å²) >= 11 is 10.2.